The number of carbonyl (C=O) groups is 1. The number of nitrogens with one attached hydrogen (secondary N) is 2. The molecule has 1 aliphatic heterocycles. The summed E-state index contributed by atoms with van der Waals surface area (Å²) in [5.74, 6) is -0.154. The maximum Gasteiger partial charge on any atom is 0.250 e. The first kappa shape index (κ1) is 13.8. The van der Waals surface area contributed by atoms with Gasteiger partial charge in [-0.25, -0.2) is 0 Å². The summed E-state index contributed by atoms with van der Waals surface area (Å²) < 4.78 is 10.3. The van der Waals surface area contributed by atoms with Crippen LogP contribution in [0, 0.1) is 0 Å². The van der Waals surface area contributed by atoms with E-state index in [1.807, 2.05) is 24.3 Å². The van der Waals surface area contributed by atoms with E-state index < -0.39 is 0 Å². The summed E-state index contributed by atoms with van der Waals surface area (Å²) in [7, 11) is 1.50. The molecule has 0 bridgehead atoms. The number of anilines is 2. The highest BCUT2D eigenvalue weighted by Gasteiger charge is 2.14. The Morgan fingerprint density at radius 1 is 1.47 bits per heavy atom. The van der Waals surface area contributed by atoms with Gasteiger partial charge in [0.05, 0.1) is 6.10 Å². The van der Waals surface area contributed by atoms with E-state index in [1.54, 1.807) is 0 Å². The molecule has 5 heteroatoms. The molecule has 1 aromatic carbocycles. The van der Waals surface area contributed by atoms with Gasteiger partial charge in [-0.2, -0.15) is 0 Å². The topological polar surface area (TPSA) is 59.6 Å². The predicted molar refractivity (Wildman–Crippen MR) is 74.4 cm³/mol. The van der Waals surface area contributed by atoms with Crippen LogP contribution in [0.15, 0.2) is 24.3 Å². The Labute approximate surface area is 113 Å². The highest BCUT2D eigenvalue weighted by atomic mass is 16.5. The summed E-state index contributed by atoms with van der Waals surface area (Å²) in [6.07, 6.45) is 2.54. The molecule has 1 saturated heterocycles. The average molecular weight is 264 g/mol. The molecule has 1 aromatic rings. The zero-order valence-corrected chi connectivity index (χ0v) is 11.1. The number of hydrogen-bond donors (Lipinski definition) is 2. The van der Waals surface area contributed by atoms with Crippen LogP contribution >= 0.6 is 0 Å². The summed E-state index contributed by atoms with van der Waals surface area (Å²) in [6, 6.07) is 7.63. The molecule has 1 aliphatic rings. The smallest absolute Gasteiger partial charge is 0.250 e. The van der Waals surface area contributed by atoms with Gasteiger partial charge in [0.25, 0.3) is 0 Å². The molecule has 0 saturated carbocycles. The summed E-state index contributed by atoms with van der Waals surface area (Å²) in [4.78, 5) is 11.4. The molecular formula is C14H20N2O3. The summed E-state index contributed by atoms with van der Waals surface area (Å²) in [5, 5.41) is 6.10. The van der Waals surface area contributed by atoms with Crippen molar-refractivity contribution in [2.45, 2.75) is 18.9 Å². The maximum absolute atomic E-state index is 11.4. The van der Waals surface area contributed by atoms with E-state index >= 15 is 0 Å². The van der Waals surface area contributed by atoms with Crippen LogP contribution in [0.25, 0.3) is 0 Å². The number of hydrogen-bond acceptors (Lipinski definition) is 4. The standard InChI is InChI=1S/C14H20N2O3/c1-18-10-14(17)16-12-5-2-4-11(8-12)15-9-13-6-3-7-19-13/h2,4-5,8,13,15H,3,6-7,9-10H2,1H3,(H,16,17). The monoisotopic (exact) mass is 264 g/mol. The Balaban J connectivity index is 1.85. The van der Waals surface area contributed by atoms with Crippen LogP contribution in [0.4, 0.5) is 11.4 Å². The first-order valence-corrected chi connectivity index (χ1v) is 6.52. The molecule has 19 heavy (non-hydrogen) atoms. The second-order valence-corrected chi connectivity index (χ2v) is 4.58. The molecule has 2 N–H and O–H groups in total. The van der Waals surface area contributed by atoms with Crippen molar-refractivity contribution >= 4 is 17.3 Å². The van der Waals surface area contributed by atoms with Gasteiger partial charge in [-0.15, -0.1) is 0 Å². The van der Waals surface area contributed by atoms with Crippen molar-refractivity contribution < 1.29 is 14.3 Å². The van der Waals surface area contributed by atoms with Gasteiger partial charge in [-0.1, -0.05) is 6.07 Å². The molecule has 1 heterocycles. The van der Waals surface area contributed by atoms with Gasteiger partial charge >= 0.3 is 0 Å². The SMILES string of the molecule is COCC(=O)Nc1cccc(NCC2CCCO2)c1. The Kier molecular flexibility index (Phi) is 5.18. The van der Waals surface area contributed by atoms with E-state index in [0.717, 1.165) is 37.4 Å². The molecule has 0 aliphatic carbocycles. The van der Waals surface area contributed by atoms with Crippen molar-refractivity contribution in [3.8, 4) is 0 Å². The predicted octanol–water partition coefficient (Wildman–Crippen LogP) is 1.86. The van der Waals surface area contributed by atoms with E-state index in [9.17, 15) is 4.79 Å². The first-order valence-electron chi connectivity index (χ1n) is 6.52. The van der Waals surface area contributed by atoms with Crippen LogP contribution in [0.1, 0.15) is 12.8 Å². The largest absolute Gasteiger partial charge is 0.382 e. The second-order valence-electron chi connectivity index (χ2n) is 4.58. The maximum atomic E-state index is 11.4. The van der Waals surface area contributed by atoms with Gasteiger partial charge in [0, 0.05) is 31.6 Å². The van der Waals surface area contributed by atoms with Crippen molar-refractivity contribution in [3.05, 3.63) is 24.3 Å². The number of amides is 1. The lowest BCUT2D eigenvalue weighted by atomic mass is 10.2. The van der Waals surface area contributed by atoms with E-state index in [-0.39, 0.29) is 12.5 Å². The number of benzene rings is 1. The summed E-state index contributed by atoms with van der Waals surface area (Å²) in [5.41, 5.74) is 1.74. The lowest BCUT2D eigenvalue weighted by Gasteiger charge is -2.13. The third-order valence-corrected chi connectivity index (χ3v) is 2.98. The Hall–Kier alpha value is -1.59. The molecule has 0 aromatic heterocycles. The van der Waals surface area contributed by atoms with E-state index in [0.29, 0.717) is 6.10 Å². The highest BCUT2D eigenvalue weighted by molar-refractivity contribution is 5.92. The normalized spacial score (nSPS) is 18.3. The number of methoxy groups -OCH3 is 1. The molecule has 1 amide bonds. The zero-order valence-electron chi connectivity index (χ0n) is 11.1. The van der Waals surface area contributed by atoms with Crippen LogP contribution in [-0.2, 0) is 14.3 Å². The Bertz CT molecular complexity index is 417. The van der Waals surface area contributed by atoms with Crippen molar-refractivity contribution in [2.75, 3.05) is 37.5 Å². The molecule has 2 rings (SSSR count). The lowest BCUT2D eigenvalue weighted by Crippen LogP contribution is -2.19. The average Bonchev–Trinajstić information content (AvgIpc) is 2.90. The minimum absolute atomic E-state index is 0.0631. The van der Waals surface area contributed by atoms with Gasteiger partial charge in [-0.3, -0.25) is 4.79 Å². The second kappa shape index (κ2) is 7.11. The first-order chi connectivity index (χ1) is 9.28. The van der Waals surface area contributed by atoms with Crippen LogP contribution in [0.3, 0.4) is 0 Å². The van der Waals surface area contributed by atoms with E-state index in [1.165, 1.54) is 7.11 Å². The van der Waals surface area contributed by atoms with Crippen LogP contribution in [0.5, 0.6) is 0 Å². The van der Waals surface area contributed by atoms with Crippen molar-refractivity contribution in [1.29, 1.82) is 0 Å². The lowest BCUT2D eigenvalue weighted by molar-refractivity contribution is -0.119. The molecule has 104 valence electrons. The minimum Gasteiger partial charge on any atom is -0.382 e. The van der Waals surface area contributed by atoms with Crippen molar-refractivity contribution in [2.24, 2.45) is 0 Å². The Morgan fingerprint density at radius 2 is 2.32 bits per heavy atom. The molecule has 1 atom stereocenters. The molecule has 0 spiro atoms. The van der Waals surface area contributed by atoms with E-state index in [2.05, 4.69) is 10.6 Å². The van der Waals surface area contributed by atoms with Gasteiger partial charge in [-0.05, 0) is 31.0 Å². The fourth-order valence-electron chi connectivity index (χ4n) is 2.07. The van der Waals surface area contributed by atoms with Gasteiger partial charge in [0.1, 0.15) is 6.61 Å². The fourth-order valence-corrected chi connectivity index (χ4v) is 2.07. The summed E-state index contributed by atoms with van der Waals surface area (Å²) >= 11 is 0. The van der Waals surface area contributed by atoms with Gasteiger partial charge < -0.3 is 20.1 Å². The third kappa shape index (κ3) is 4.54. The van der Waals surface area contributed by atoms with Crippen molar-refractivity contribution in [1.82, 2.24) is 0 Å². The van der Waals surface area contributed by atoms with E-state index in [4.69, 9.17) is 9.47 Å². The van der Waals surface area contributed by atoms with Crippen LogP contribution in [0.2, 0.25) is 0 Å². The van der Waals surface area contributed by atoms with Crippen molar-refractivity contribution in [3.63, 3.8) is 0 Å². The minimum atomic E-state index is -0.154. The van der Waals surface area contributed by atoms with Crippen LogP contribution in [-0.4, -0.2) is 38.9 Å². The van der Waals surface area contributed by atoms with Gasteiger partial charge in [0.2, 0.25) is 5.91 Å². The highest BCUT2D eigenvalue weighted by Crippen LogP contribution is 2.17. The quantitative estimate of drug-likeness (QED) is 0.823. The number of rotatable bonds is 6. The molecule has 1 unspecified atom stereocenters. The molecular weight excluding hydrogens is 244 g/mol. The Morgan fingerprint density at radius 3 is 3.05 bits per heavy atom. The molecule has 0 radical (unpaired) electrons. The molecule has 1 fully saturated rings. The van der Waals surface area contributed by atoms with Crippen LogP contribution < -0.4 is 10.6 Å². The fraction of sp³-hybridized carbons (Fsp3) is 0.500. The number of carbonyl (C=O) groups excluding carboxylic acids is 1. The van der Waals surface area contributed by atoms with Gasteiger partial charge in [0.15, 0.2) is 0 Å². The zero-order chi connectivity index (χ0) is 13.5. The number of ether oxygens (including phenoxy) is 2. The molecule has 5 nitrogen and oxygen atoms in total. The third-order valence-electron chi connectivity index (χ3n) is 2.98. The summed E-state index contributed by atoms with van der Waals surface area (Å²) in [6.45, 7) is 1.72.